The smallest absolute Gasteiger partial charge is 0.307 e. The highest BCUT2D eigenvalue weighted by atomic mass is 16.6. The molecule has 66 valence electrons. The number of hydrogen-bond acceptors (Lipinski definition) is 3. The monoisotopic (exact) mass is 169 g/mol. The van der Waals surface area contributed by atoms with E-state index >= 15 is 0 Å². The van der Waals surface area contributed by atoms with Crippen LogP contribution in [-0.2, 0) is 14.3 Å². The Hall–Kier alpha value is -1.06. The van der Waals surface area contributed by atoms with Gasteiger partial charge in [-0.25, -0.2) is 0 Å². The Balaban J connectivity index is 2.00. The molecule has 4 nitrogen and oxygen atoms in total. The van der Waals surface area contributed by atoms with E-state index in [0.29, 0.717) is 19.3 Å². The van der Waals surface area contributed by atoms with Crippen LogP contribution in [-0.4, -0.2) is 29.5 Å². The number of rotatable bonds is 1. The van der Waals surface area contributed by atoms with Gasteiger partial charge in [0.25, 0.3) is 0 Å². The Morgan fingerprint density at radius 2 is 2.17 bits per heavy atom. The number of nitrogens with zero attached hydrogens (tertiary/aromatic N) is 1. The summed E-state index contributed by atoms with van der Waals surface area (Å²) in [6.07, 6.45) is 2.37. The number of amides is 1. The van der Waals surface area contributed by atoms with Crippen molar-refractivity contribution in [2.24, 2.45) is 0 Å². The van der Waals surface area contributed by atoms with Crippen molar-refractivity contribution in [3.63, 3.8) is 0 Å². The van der Waals surface area contributed by atoms with Crippen LogP contribution in [0.25, 0.3) is 0 Å². The molecule has 1 atom stereocenters. The predicted molar refractivity (Wildman–Crippen MR) is 40.1 cm³/mol. The summed E-state index contributed by atoms with van der Waals surface area (Å²) in [7, 11) is 0. The second-order valence-corrected chi connectivity index (χ2v) is 3.17. The third-order valence-corrected chi connectivity index (χ3v) is 2.32. The van der Waals surface area contributed by atoms with Gasteiger partial charge < -0.3 is 9.64 Å². The fraction of sp³-hybridized carbons (Fsp3) is 0.750. The molecular weight excluding hydrogens is 158 g/mol. The summed E-state index contributed by atoms with van der Waals surface area (Å²) < 4.78 is 4.98. The van der Waals surface area contributed by atoms with E-state index in [2.05, 4.69) is 0 Å². The highest BCUT2D eigenvalue weighted by Gasteiger charge is 2.34. The van der Waals surface area contributed by atoms with E-state index in [1.165, 1.54) is 0 Å². The van der Waals surface area contributed by atoms with Crippen molar-refractivity contribution >= 4 is 11.9 Å². The minimum atomic E-state index is -0.257. The highest BCUT2D eigenvalue weighted by molar-refractivity contribution is 5.79. The second-order valence-electron chi connectivity index (χ2n) is 3.17. The van der Waals surface area contributed by atoms with Crippen molar-refractivity contribution in [3.8, 4) is 0 Å². The fourth-order valence-electron chi connectivity index (χ4n) is 1.70. The fourth-order valence-corrected chi connectivity index (χ4v) is 1.70. The van der Waals surface area contributed by atoms with E-state index in [4.69, 9.17) is 4.74 Å². The molecule has 1 amide bonds. The van der Waals surface area contributed by atoms with Gasteiger partial charge in [-0.05, 0) is 6.42 Å². The van der Waals surface area contributed by atoms with E-state index in [9.17, 15) is 9.59 Å². The van der Waals surface area contributed by atoms with Crippen LogP contribution < -0.4 is 0 Å². The Kier molecular flexibility index (Phi) is 1.75. The molecule has 0 aromatic heterocycles. The molecule has 2 fully saturated rings. The molecule has 0 aliphatic carbocycles. The van der Waals surface area contributed by atoms with Crippen LogP contribution in [0, 0.1) is 0 Å². The molecule has 2 heterocycles. The lowest BCUT2D eigenvalue weighted by atomic mass is 10.3. The SMILES string of the molecule is O=C1CCC(N2CCCC2=O)O1. The van der Waals surface area contributed by atoms with E-state index in [-0.39, 0.29) is 18.1 Å². The van der Waals surface area contributed by atoms with Crippen LogP contribution in [0.5, 0.6) is 0 Å². The molecule has 1 unspecified atom stereocenters. The molecule has 2 saturated heterocycles. The first-order valence-corrected chi connectivity index (χ1v) is 4.26. The molecule has 0 saturated carbocycles. The Morgan fingerprint density at radius 3 is 2.67 bits per heavy atom. The maximum Gasteiger partial charge on any atom is 0.307 e. The number of ether oxygens (including phenoxy) is 1. The van der Waals surface area contributed by atoms with Crippen LogP contribution in [0.15, 0.2) is 0 Å². The van der Waals surface area contributed by atoms with Crippen LogP contribution >= 0.6 is 0 Å². The number of cyclic esters (lactones) is 1. The largest absolute Gasteiger partial charge is 0.441 e. The van der Waals surface area contributed by atoms with Gasteiger partial charge in [0.15, 0.2) is 6.23 Å². The molecule has 2 aliphatic rings. The third-order valence-electron chi connectivity index (χ3n) is 2.32. The number of esters is 1. The highest BCUT2D eigenvalue weighted by Crippen LogP contribution is 2.22. The zero-order valence-electron chi connectivity index (χ0n) is 6.78. The lowest BCUT2D eigenvalue weighted by Crippen LogP contribution is -2.35. The van der Waals surface area contributed by atoms with Crippen molar-refractivity contribution in [2.45, 2.75) is 31.9 Å². The minimum absolute atomic E-state index is 0.120. The van der Waals surface area contributed by atoms with Gasteiger partial charge in [0, 0.05) is 19.4 Å². The zero-order chi connectivity index (χ0) is 8.55. The van der Waals surface area contributed by atoms with Crippen LogP contribution in [0.3, 0.4) is 0 Å². The molecule has 2 aliphatic heterocycles. The average molecular weight is 169 g/mol. The van der Waals surface area contributed by atoms with Crippen molar-refractivity contribution in [3.05, 3.63) is 0 Å². The number of likely N-dealkylation sites (tertiary alicyclic amines) is 1. The maximum atomic E-state index is 11.2. The molecule has 4 heteroatoms. The average Bonchev–Trinajstić information content (AvgIpc) is 2.58. The van der Waals surface area contributed by atoms with Crippen LogP contribution in [0.4, 0.5) is 0 Å². The molecule has 0 radical (unpaired) electrons. The number of carbonyl (C=O) groups excluding carboxylic acids is 2. The summed E-state index contributed by atoms with van der Waals surface area (Å²) in [5.74, 6) is -0.0607. The molecule has 0 aromatic rings. The summed E-state index contributed by atoms with van der Waals surface area (Å²) >= 11 is 0. The molecule has 0 spiro atoms. The van der Waals surface area contributed by atoms with E-state index in [0.717, 1.165) is 13.0 Å². The Morgan fingerprint density at radius 1 is 1.33 bits per heavy atom. The van der Waals surface area contributed by atoms with Crippen molar-refractivity contribution in [2.75, 3.05) is 6.54 Å². The summed E-state index contributed by atoms with van der Waals surface area (Å²) in [6, 6.07) is 0. The Bertz CT molecular complexity index is 226. The van der Waals surface area contributed by atoms with Crippen LogP contribution in [0.1, 0.15) is 25.7 Å². The van der Waals surface area contributed by atoms with Gasteiger partial charge in [-0.15, -0.1) is 0 Å². The maximum absolute atomic E-state index is 11.2. The van der Waals surface area contributed by atoms with Crippen molar-refractivity contribution in [1.82, 2.24) is 4.90 Å². The van der Waals surface area contributed by atoms with Gasteiger partial charge in [-0.1, -0.05) is 0 Å². The molecule has 0 aromatic carbocycles. The minimum Gasteiger partial charge on any atom is -0.441 e. The topological polar surface area (TPSA) is 46.6 Å². The number of carbonyl (C=O) groups is 2. The first kappa shape index (κ1) is 7.58. The third kappa shape index (κ3) is 1.17. The molecule has 2 rings (SSSR count). The normalized spacial score (nSPS) is 29.7. The van der Waals surface area contributed by atoms with Crippen LogP contribution in [0.2, 0.25) is 0 Å². The van der Waals surface area contributed by atoms with Gasteiger partial charge in [0.05, 0.1) is 6.42 Å². The first-order valence-electron chi connectivity index (χ1n) is 4.26. The molecule has 0 bridgehead atoms. The Labute approximate surface area is 70.5 Å². The lowest BCUT2D eigenvalue weighted by molar-refractivity contribution is -0.152. The van der Waals surface area contributed by atoms with Gasteiger partial charge >= 0.3 is 5.97 Å². The summed E-state index contributed by atoms with van der Waals surface area (Å²) in [5.41, 5.74) is 0. The summed E-state index contributed by atoms with van der Waals surface area (Å²) in [5, 5.41) is 0. The van der Waals surface area contributed by atoms with Gasteiger partial charge in [-0.2, -0.15) is 0 Å². The molecule has 12 heavy (non-hydrogen) atoms. The zero-order valence-corrected chi connectivity index (χ0v) is 6.78. The summed E-state index contributed by atoms with van der Waals surface area (Å²) in [6.45, 7) is 0.747. The van der Waals surface area contributed by atoms with Gasteiger partial charge in [-0.3, -0.25) is 9.59 Å². The lowest BCUT2D eigenvalue weighted by Gasteiger charge is -2.21. The number of hydrogen-bond donors (Lipinski definition) is 0. The van der Waals surface area contributed by atoms with Gasteiger partial charge in [0.1, 0.15) is 0 Å². The summed E-state index contributed by atoms with van der Waals surface area (Å²) in [4.78, 5) is 23.6. The van der Waals surface area contributed by atoms with Crippen molar-refractivity contribution in [1.29, 1.82) is 0 Å². The molecule has 0 N–H and O–H groups in total. The van der Waals surface area contributed by atoms with E-state index in [1.54, 1.807) is 4.90 Å². The second kappa shape index (κ2) is 2.77. The van der Waals surface area contributed by atoms with Crippen molar-refractivity contribution < 1.29 is 14.3 Å². The molecular formula is C8H11NO3. The standard InChI is InChI=1S/C8H11NO3/c10-6-2-1-5-9(6)7-3-4-8(11)12-7/h7H,1-5H2. The quantitative estimate of drug-likeness (QED) is 0.529. The van der Waals surface area contributed by atoms with E-state index < -0.39 is 0 Å². The van der Waals surface area contributed by atoms with E-state index in [1.807, 2.05) is 0 Å². The predicted octanol–water partition coefficient (Wildman–Crippen LogP) is 0.272. The van der Waals surface area contributed by atoms with Gasteiger partial charge in [0.2, 0.25) is 5.91 Å². The first-order chi connectivity index (χ1) is 5.77.